The van der Waals surface area contributed by atoms with Gasteiger partial charge in [-0.15, -0.1) is 11.8 Å². The first-order valence-electron chi connectivity index (χ1n) is 6.58. The molecule has 0 N–H and O–H groups in total. The van der Waals surface area contributed by atoms with Crippen LogP contribution in [0.3, 0.4) is 0 Å². The molecule has 4 rings (SSSR count). The van der Waals surface area contributed by atoms with Crippen LogP contribution < -0.4 is 5.56 Å². The summed E-state index contributed by atoms with van der Waals surface area (Å²) in [6, 6.07) is 10.2. The van der Waals surface area contributed by atoms with Crippen molar-refractivity contribution in [3.8, 4) is 0 Å². The summed E-state index contributed by atoms with van der Waals surface area (Å²) in [5, 5.41) is 4.51. The molecule has 1 aliphatic rings. The number of fused-ring (bicyclic) bond motifs is 2. The topological polar surface area (TPSA) is 39.3 Å². The van der Waals surface area contributed by atoms with Crippen LogP contribution in [-0.2, 0) is 13.0 Å². The molecule has 0 aliphatic carbocycles. The molecule has 0 saturated carbocycles. The molecule has 0 amide bonds. The van der Waals surface area contributed by atoms with Crippen LogP contribution in [-0.4, -0.2) is 19.4 Å². The van der Waals surface area contributed by atoms with E-state index in [0.717, 1.165) is 13.0 Å². The summed E-state index contributed by atoms with van der Waals surface area (Å²) in [5.74, 6) is 0. The Morgan fingerprint density at radius 3 is 3.05 bits per heavy atom. The van der Waals surface area contributed by atoms with Gasteiger partial charge < -0.3 is 4.57 Å². The van der Waals surface area contributed by atoms with Crippen molar-refractivity contribution in [2.75, 3.05) is 0 Å². The molecule has 0 spiro atoms. The minimum atomic E-state index is 0.0292. The number of aromatic nitrogens is 3. The molecule has 3 heterocycles. The van der Waals surface area contributed by atoms with Crippen LogP contribution in [0, 0.1) is 0 Å². The summed E-state index contributed by atoms with van der Waals surface area (Å²) >= 11 is 1.87. The summed E-state index contributed by atoms with van der Waals surface area (Å²) in [6.45, 7) is 0.736. The lowest BCUT2D eigenvalue weighted by molar-refractivity contribution is 0.637. The predicted octanol–water partition coefficient (Wildman–Crippen LogP) is 2.21. The molecule has 0 bridgehead atoms. The third kappa shape index (κ3) is 1.86. The summed E-state index contributed by atoms with van der Waals surface area (Å²) in [6.07, 6.45) is 6.34. The van der Waals surface area contributed by atoms with Gasteiger partial charge in [-0.1, -0.05) is 18.2 Å². The molecule has 1 aliphatic heterocycles. The van der Waals surface area contributed by atoms with Crippen LogP contribution in [0.2, 0.25) is 0 Å². The summed E-state index contributed by atoms with van der Waals surface area (Å²) in [4.78, 5) is 13.7. The first kappa shape index (κ1) is 11.8. The van der Waals surface area contributed by atoms with E-state index in [1.165, 1.54) is 10.5 Å². The van der Waals surface area contributed by atoms with Gasteiger partial charge in [0.25, 0.3) is 5.56 Å². The number of thioether (sulfide) groups is 1. The van der Waals surface area contributed by atoms with Crippen LogP contribution in [0.1, 0.15) is 5.56 Å². The number of nitrogens with zero attached hydrogens (tertiary/aromatic N) is 3. The first-order valence-corrected chi connectivity index (χ1v) is 7.46. The van der Waals surface area contributed by atoms with Gasteiger partial charge in [-0.05, 0) is 24.1 Å². The van der Waals surface area contributed by atoms with Crippen molar-refractivity contribution in [1.29, 1.82) is 0 Å². The number of hydrogen-bond donors (Lipinski definition) is 0. The van der Waals surface area contributed by atoms with Crippen LogP contribution in [0.4, 0.5) is 0 Å². The van der Waals surface area contributed by atoms with Gasteiger partial charge in [-0.3, -0.25) is 4.79 Å². The molecule has 1 atom stereocenters. The van der Waals surface area contributed by atoms with Gasteiger partial charge >= 0.3 is 0 Å². The summed E-state index contributed by atoms with van der Waals surface area (Å²) in [7, 11) is 0. The van der Waals surface area contributed by atoms with Gasteiger partial charge in [0.05, 0.1) is 6.20 Å². The molecule has 2 aromatic heterocycles. The average molecular weight is 283 g/mol. The van der Waals surface area contributed by atoms with Crippen LogP contribution >= 0.6 is 11.8 Å². The molecule has 4 nitrogen and oxygen atoms in total. The Kier molecular flexibility index (Phi) is 2.67. The fourth-order valence-electron chi connectivity index (χ4n) is 2.68. The van der Waals surface area contributed by atoms with Gasteiger partial charge in [0, 0.05) is 29.1 Å². The average Bonchev–Trinajstić information content (AvgIpc) is 3.08. The van der Waals surface area contributed by atoms with Gasteiger partial charge in [0.15, 0.2) is 0 Å². The molecule has 100 valence electrons. The zero-order valence-corrected chi connectivity index (χ0v) is 11.6. The normalized spacial score (nSPS) is 17.5. The standard InChI is InChI=1S/C15H13N3OS/c19-15-13-5-6-16-18(13)8-7-17(15)10-12-9-11-3-1-2-4-14(11)20-12/h1-8,12H,9-10H2. The van der Waals surface area contributed by atoms with Crippen molar-refractivity contribution < 1.29 is 0 Å². The van der Waals surface area contributed by atoms with E-state index >= 15 is 0 Å². The molecule has 0 saturated heterocycles. The second-order valence-corrected chi connectivity index (χ2v) is 6.31. The van der Waals surface area contributed by atoms with Crippen LogP contribution in [0.25, 0.3) is 5.52 Å². The van der Waals surface area contributed by atoms with E-state index in [0.29, 0.717) is 10.8 Å². The monoisotopic (exact) mass is 283 g/mol. The molecule has 5 heteroatoms. The minimum Gasteiger partial charge on any atom is -0.311 e. The Morgan fingerprint density at radius 2 is 2.15 bits per heavy atom. The quantitative estimate of drug-likeness (QED) is 0.724. The van der Waals surface area contributed by atoms with E-state index in [1.54, 1.807) is 21.3 Å². The molecular formula is C15H13N3OS. The smallest absolute Gasteiger partial charge is 0.276 e. The third-order valence-electron chi connectivity index (χ3n) is 3.65. The van der Waals surface area contributed by atoms with Gasteiger partial charge in [-0.2, -0.15) is 5.10 Å². The van der Waals surface area contributed by atoms with Crippen molar-refractivity contribution in [3.63, 3.8) is 0 Å². The molecular weight excluding hydrogens is 270 g/mol. The van der Waals surface area contributed by atoms with Gasteiger partial charge in [-0.25, -0.2) is 4.52 Å². The predicted molar refractivity (Wildman–Crippen MR) is 79.2 cm³/mol. The van der Waals surface area contributed by atoms with Crippen molar-refractivity contribution in [2.24, 2.45) is 0 Å². The summed E-state index contributed by atoms with van der Waals surface area (Å²) < 4.78 is 3.41. The maximum Gasteiger partial charge on any atom is 0.276 e. The Hall–Kier alpha value is -2.01. The van der Waals surface area contributed by atoms with Crippen molar-refractivity contribution in [2.45, 2.75) is 23.1 Å². The molecule has 0 fully saturated rings. The second-order valence-electron chi connectivity index (χ2n) is 4.97. The van der Waals surface area contributed by atoms with E-state index in [2.05, 4.69) is 29.4 Å². The Morgan fingerprint density at radius 1 is 1.25 bits per heavy atom. The maximum absolute atomic E-state index is 12.3. The zero-order valence-electron chi connectivity index (χ0n) is 10.8. The highest BCUT2D eigenvalue weighted by Gasteiger charge is 2.22. The Labute approximate surface area is 120 Å². The SMILES string of the molecule is O=c1c2ccnn2ccn1CC1Cc2ccccc2S1. The molecule has 1 aromatic carbocycles. The minimum absolute atomic E-state index is 0.0292. The Balaban J connectivity index is 1.63. The van der Waals surface area contributed by atoms with E-state index in [1.807, 2.05) is 24.2 Å². The van der Waals surface area contributed by atoms with Gasteiger partial charge in [0.2, 0.25) is 0 Å². The number of benzene rings is 1. The molecule has 3 aromatic rings. The zero-order chi connectivity index (χ0) is 13.5. The lowest BCUT2D eigenvalue weighted by Gasteiger charge is -2.11. The van der Waals surface area contributed by atoms with E-state index in [4.69, 9.17) is 0 Å². The fraction of sp³-hybridized carbons (Fsp3) is 0.200. The first-order chi connectivity index (χ1) is 9.81. The molecule has 20 heavy (non-hydrogen) atoms. The number of hydrogen-bond acceptors (Lipinski definition) is 3. The maximum atomic E-state index is 12.3. The van der Waals surface area contributed by atoms with Crippen molar-refractivity contribution in [3.05, 3.63) is 64.8 Å². The second kappa shape index (κ2) is 4.52. The van der Waals surface area contributed by atoms with Crippen molar-refractivity contribution in [1.82, 2.24) is 14.2 Å². The molecule has 1 unspecified atom stereocenters. The van der Waals surface area contributed by atoms with Gasteiger partial charge in [0.1, 0.15) is 5.52 Å². The third-order valence-corrected chi connectivity index (χ3v) is 4.95. The fourth-order valence-corrected chi connectivity index (χ4v) is 4.00. The van der Waals surface area contributed by atoms with Crippen molar-refractivity contribution >= 4 is 17.3 Å². The van der Waals surface area contributed by atoms with E-state index < -0.39 is 0 Å². The van der Waals surface area contributed by atoms with Crippen LogP contribution in [0.5, 0.6) is 0 Å². The highest BCUT2D eigenvalue weighted by atomic mass is 32.2. The lowest BCUT2D eigenvalue weighted by atomic mass is 10.1. The highest BCUT2D eigenvalue weighted by Crippen LogP contribution is 2.37. The Bertz CT molecular complexity index is 811. The lowest BCUT2D eigenvalue weighted by Crippen LogP contribution is -2.25. The van der Waals surface area contributed by atoms with E-state index in [9.17, 15) is 4.79 Å². The number of rotatable bonds is 2. The van der Waals surface area contributed by atoms with Crippen LogP contribution in [0.15, 0.2) is 58.6 Å². The largest absolute Gasteiger partial charge is 0.311 e. The molecule has 0 radical (unpaired) electrons. The highest BCUT2D eigenvalue weighted by molar-refractivity contribution is 8.00. The van der Waals surface area contributed by atoms with E-state index in [-0.39, 0.29) is 5.56 Å². The summed E-state index contributed by atoms with van der Waals surface area (Å²) in [5.41, 5.74) is 2.05.